The molecule has 0 saturated heterocycles. The number of benzene rings is 3. The van der Waals surface area contributed by atoms with Crippen LogP contribution in [0, 0.1) is 13.8 Å². The Balaban J connectivity index is 1.80. The minimum Gasteiger partial charge on any atom is -0.345 e. The third kappa shape index (κ3) is 4.36. The van der Waals surface area contributed by atoms with Crippen LogP contribution in [0.5, 0.6) is 0 Å². The molecule has 3 rings (SSSR count). The molecule has 0 radical (unpaired) electrons. The van der Waals surface area contributed by atoms with Gasteiger partial charge in [0.2, 0.25) is 5.91 Å². The Morgan fingerprint density at radius 3 is 1.88 bits per heavy atom. The number of amides is 1. The first-order valence-electron chi connectivity index (χ1n) is 8.59. The highest BCUT2D eigenvalue weighted by molar-refractivity contribution is 5.79. The fourth-order valence-electron chi connectivity index (χ4n) is 2.96. The van der Waals surface area contributed by atoms with Crippen molar-refractivity contribution in [2.45, 2.75) is 26.3 Å². The fraction of sp³-hybridized carbons (Fsp3) is 0.174. The molecule has 3 aromatic rings. The molecule has 0 bridgehead atoms. The van der Waals surface area contributed by atoms with E-state index < -0.39 is 0 Å². The van der Waals surface area contributed by atoms with Gasteiger partial charge in [0.05, 0.1) is 12.5 Å². The summed E-state index contributed by atoms with van der Waals surface area (Å²) in [5, 5.41) is 3.19. The van der Waals surface area contributed by atoms with Crippen LogP contribution in [0.2, 0.25) is 0 Å². The molecule has 1 N–H and O–H groups in total. The van der Waals surface area contributed by atoms with Crippen molar-refractivity contribution in [2.24, 2.45) is 0 Å². The second kappa shape index (κ2) is 7.80. The van der Waals surface area contributed by atoms with Crippen molar-refractivity contribution in [1.82, 2.24) is 5.32 Å². The second-order valence-corrected chi connectivity index (χ2v) is 6.42. The van der Waals surface area contributed by atoms with Crippen LogP contribution in [0.25, 0.3) is 0 Å². The van der Waals surface area contributed by atoms with Gasteiger partial charge in [-0.25, -0.2) is 0 Å². The van der Waals surface area contributed by atoms with Crippen LogP contribution in [0.3, 0.4) is 0 Å². The molecule has 2 nitrogen and oxygen atoms in total. The van der Waals surface area contributed by atoms with E-state index in [9.17, 15) is 4.79 Å². The van der Waals surface area contributed by atoms with Gasteiger partial charge in [-0.3, -0.25) is 4.79 Å². The Labute approximate surface area is 149 Å². The van der Waals surface area contributed by atoms with Crippen LogP contribution in [0.4, 0.5) is 0 Å². The highest BCUT2D eigenvalue weighted by Gasteiger charge is 2.16. The van der Waals surface area contributed by atoms with E-state index >= 15 is 0 Å². The molecule has 0 aliphatic heterocycles. The lowest BCUT2D eigenvalue weighted by atomic mass is 9.98. The number of carbonyl (C=O) groups excluding carboxylic acids is 1. The molecule has 0 heterocycles. The summed E-state index contributed by atoms with van der Waals surface area (Å²) in [5.41, 5.74) is 5.67. The molecule has 0 spiro atoms. The quantitative estimate of drug-likeness (QED) is 0.719. The Hall–Kier alpha value is -2.87. The van der Waals surface area contributed by atoms with Crippen LogP contribution < -0.4 is 5.32 Å². The van der Waals surface area contributed by atoms with Crippen molar-refractivity contribution in [3.63, 3.8) is 0 Å². The molecule has 2 heteroatoms. The number of hydrogen-bond donors (Lipinski definition) is 1. The summed E-state index contributed by atoms with van der Waals surface area (Å²) >= 11 is 0. The van der Waals surface area contributed by atoms with Gasteiger partial charge in [-0.05, 0) is 41.7 Å². The van der Waals surface area contributed by atoms with E-state index in [1.807, 2.05) is 66.7 Å². The predicted octanol–water partition coefficient (Wildman–Crippen LogP) is 4.75. The van der Waals surface area contributed by atoms with E-state index in [4.69, 9.17) is 0 Å². The van der Waals surface area contributed by atoms with Crippen molar-refractivity contribution in [3.8, 4) is 0 Å². The molecule has 0 unspecified atom stereocenters. The largest absolute Gasteiger partial charge is 0.345 e. The zero-order valence-corrected chi connectivity index (χ0v) is 14.7. The smallest absolute Gasteiger partial charge is 0.225 e. The van der Waals surface area contributed by atoms with Crippen LogP contribution in [0.1, 0.15) is 33.9 Å². The topological polar surface area (TPSA) is 29.1 Å². The zero-order valence-electron chi connectivity index (χ0n) is 14.7. The summed E-state index contributed by atoms with van der Waals surface area (Å²) in [4.78, 5) is 12.7. The minimum absolute atomic E-state index is 0.0287. The first kappa shape index (κ1) is 17.0. The number of hydrogen-bond acceptors (Lipinski definition) is 1. The zero-order chi connectivity index (χ0) is 17.6. The normalized spacial score (nSPS) is 10.7. The van der Waals surface area contributed by atoms with Crippen molar-refractivity contribution in [3.05, 3.63) is 107 Å². The molecule has 0 aromatic heterocycles. The maximum Gasteiger partial charge on any atom is 0.225 e. The molecule has 3 aromatic carbocycles. The number of carbonyl (C=O) groups is 1. The van der Waals surface area contributed by atoms with Crippen molar-refractivity contribution >= 4 is 5.91 Å². The van der Waals surface area contributed by atoms with E-state index in [0.717, 1.165) is 16.7 Å². The molecule has 0 aliphatic rings. The summed E-state index contributed by atoms with van der Waals surface area (Å²) in [5.74, 6) is 0.0287. The average molecular weight is 329 g/mol. The lowest BCUT2D eigenvalue weighted by Crippen LogP contribution is -2.30. The standard InChI is InChI=1S/C23H23NO/c1-17-13-14-19(15-18(17)2)16-22(25)24-23(20-9-5-3-6-10-20)21-11-7-4-8-12-21/h3-15,23H,16H2,1-2H3,(H,24,25). The molecule has 1 amide bonds. The number of nitrogens with one attached hydrogen (secondary N) is 1. The Kier molecular flexibility index (Phi) is 5.30. The van der Waals surface area contributed by atoms with Gasteiger partial charge >= 0.3 is 0 Å². The fourth-order valence-corrected chi connectivity index (χ4v) is 2.96. The van der Waals surface area contributed by atoms with Crippen LogP contribution in [0.15, 0.2) is 78.9 Å². The summed E-state index contributed by atoms with van der Waals surface area (Å²) in [6.07, 6.45) is 0.386. The van der Waals surface area contributed by atoms with Gasteiger partial charge in [0.15, 0.2) is 0 Å². The van der Waals surface area contributed by atoms with E-state index in [2.05, 4.69) is 31.3 Å². The summed E-state index contributed by atoms with van der Waals surface area (Å²) in [7, 11) is 0. The average Bonchev–Trinajstić information content (AvgIpc) is 2.64. The highest BCUT2D eigenvalue weighted by Crippen LogP contribution is 2.22. The Morgan fingerprint density at radius 2 is 1.36 bits per heavy atom. The molecule has 0 fully saturated rings. The lowest BCUT2D eigenvalue weighted by Gasteiger charge is -2.20. The van der Waals surface area contributed by atoms with Crippen molar-refractivity contribution < 1.29 is 4.79 Å². The minimum atomic E-state index is -0.138. The van der Waals surface area contributed by atoms with Gasteiger partial charge in [0.1, 0.15) is 0 Å². The van der Waals surface area contributed by atoms with E-state index in [1.54, 1.807) is 0 Å². The summed E-state index contributed by atoms with van der Waals surface area (Å²) < 4.78 is 0. The van der Waals surface area contributed by atoms with Gasteiger partial charge in [-0.1, -0.05) is 78.9 Å². The highest BCUT2D eigenvalue weighted by atomic mass is 16.1. The number of aryl methyl sites for hydroxylation is 2. The third-order valence-corrected chi connectivity index (χ3v) is 4.51. The van der Waals surface area contributed by atoms with Crippen molar-refractivity contribution in [2.75, 3.05) is 0 Å². The first-order valence-corrected chi connectivity index (χ1v) is 8.59. The van der Waals surface area contributed by atoms with Gasteiger partial charge < -0.3 is 5.32 Å². The van der Waals surface area contributed by atoms with E-state index in [-0.39, 0.29) is 11.9 Å². The summed E-state index contributed by atoms with van der Waals surface area (Å²) in [6, 6.07) is 26.2. The molecular formula is C23H23NO. The van der Waals surface area contributed by atoms with Crippen molar-refractivity contribution in [1.29, 1.82) is 0 Å². The Bertz CT molecular complexity index is 801. The molecule has 0 aliphatic carbocycles. The second-order valence-electron chi connectivity index (χ2n) is 6.42. The first-order chi connectivity index (χ1) is 12.1. The van der Waals surface area contributed by atoms with E-state index in [1.165, 1.54) is 11.1 Å². The third-order valence-electron chi connectivity index (χ3n) is 4.51. The van der Waals surface area contributed by atoms with Gasteiger partial charge in [0, 0.05) is 0 Å². The molecule has 0 atom stereocenters. The SMILES string of the molecule is Cc1ccc(CC(=O)NC(c2ccccc2)c2ccccc2)cc1C. The maximum atomic E-state index is 12.7. The maximum absolute atomic E-state index is 12.7. The van der Waals surface area contributed by atoms with Crippen LogP contribution >= 0.6 is 0 Å². The molecule has 25 heavy (non-hydrogen) atoms. The van der Waals surface area contributed by atoms with Gasteiger partial charge in [-0.15, -0.1) is 0 Å². The summed E-state index contributed by atoms with van der Waals surface area (Å²) in [6.45, 7) is 4.16. The van der Waals surface area contributed by atoms with Crippen LogP contribution in [-0.2, 0) is 11.2 Å². The monoisotopic (exact) mass is 329 g/mol. The van der Waals surface area contributed by atoms with E-state index in [0.29, 0.717) is 6.42 Å². The number of rotatable bonds is 5. The lowest BCUT2D eigenvalue weighted by molar-refractivity contribution is -0.120. The van der Waals surface area contributed by atoms with Gasteiger partial charge in [-0.2, -0.15) is 0 Å². The molecule has 0 saturated carbocycles. The Morgan fingerprint density at radius 1 is 0.800 bits per heavy atom. The molecular weight excluding hydrogens is 306 g/mol. The van der Waals surface area contributed by atoms with Crippen LogP contribution in [-0.4, -0.2) is 5.91 Å². The predicted molar refractivity (Wildman–Crippen MR) is 102 cm³/mol. The van der Waals surface area contributed by atoms with Gasteiger partial charge in [0.25, 0.3) is 0 Å². The molecule has 126 valence electrons.